The van der Waals surface area contributed by atoms with Crippen molar-refractivity contribution in [2.24, 2.45) is 0 Å². The van der Waals surface area contributed by atoms with Crippen LogP contribution in [0.5, 0.6) is 5.75 Å². The molecule has 4 nitrogen and oxygen atoms in total. The fourth-order valence-electron chi connectivity index (χ4n) is 1.77. The number of aliphatic carboxylic acids is 1. The molecule has 10 heteroatoms. The Hall–Kier alpha value is -1.97. The molecular formula is C12H10F6O4. The molecule has 1 aromatic carbocycles. The van der Waals surface area contributed by atoms with Crippen LogP contribution in [0.15, 0.2) is 18.2 Å². The Morgan fingerprint density at radius 2 is 1.64 bits per heavy atom. The lowest BCUT2D eigenvalue weighted by molar-refractivity contribution is -0.376. The first-order valence-corrected chi connectivity index (χ1v) is 5.59. The molecule has 0 spiro atoms. The molecule has 0 unspecified atom stereocenters. The lowest BCUT2D eigenvalue weighted by atomic mass is 9.90. The predicted molar refractivity (Wildman–Crippen MR) is 60.3 cm³/mol. The molecule has 0 aliphatic carbocycles. The highest BCUT2D eigenvalue weighted by Crippen LogP contribution is 2.50. The third-order valence-corrected chi connectivity index (χ3v) is 2.87. The third kappa shape index (κ3) is 3.11. The van der Waals surface area contributed by atoms with E-state index >= 15 is 0 Å². The Kier molecular flexibility index (Phi) is 4.66. The maximum absolute atomic E-state index is 12.7. The average Bonchev–Trinajstić information content (AvgIpc) is 2.34. The summed E-state index contributed by atoms with van der Waals surface area (Å²) >= 11 is 0. The number of methoxy groups -OCH3 is 1. The molecule has 0 aliphatic heterocycles. The largest absolute Gasteiger partial charge is 0.496 e. The molecule has 0 radical (unpaired) electrons. The van der Waals surface area contributed by atoms with Gasteiger partial charge in [-0.25, -0.2) is 0 Å². The van der Waals surface area contributed by atoms with Crippen LogP contribution in [0.1, 0.15) is 11.1 Å². The van der Waals surface area contributed by atoms with Crippen molar-refractivity contribution in [1.29, 1.82) is 0 Å². The van der Waals surface area contributed by atoms with E-state index in [1.54, 1.807) is 0 Å². The van der Waals surface area contributed by atoms with Gasteiger partial charge in [0.25, 0.3) is 5.60 Å². The van der Waals surface area contributed by atoms with Gasteiger partial charge in [0.2, 0.25) is 0 Å². The van der Waals surface area contributed by atoms with Gasteiger partial charge in [0, 0.05) is 11.1 Å². The Labute approximate surface area is 119 Å². The molecule has 0 aromatic heterocycles. The summed E-state index contributed by atoms with van der Waals surface area (Å²) in [6.45, 7) is 0. The zero-order chi connectivity index (χ0) is 17.3. The summed E-state index contributed by atoms with van der Waals surface area (Å²) in [7, 11) is 0.949. The quantitative estimate of drug-likeness (QED) is 0.832. The normalized spacial score (nSPS) is 13.1. The first kappa shape index (κ1) is 18.1. The van der Waals surface area contributed by atoms with Gasteiger partial charge < -0.3 is 14.9 Å². The molecule has 0 atom stereocenters. The van der Waals surface area contributed by atoms with Gasteiger partial charge in [0.15, 0.2) is 0 Å². The van der Waals surface area contributed by atoms with Crippen molar-refractivity contribution in [3.63, 3.8) is 0 Å². The number of aliphatic hydroxyl groups is 1. The van der Waals surface area contributed by atoms with Crippen LogP contribution in [0.25, 0.3) is 0 Å². The van der Waals surface area contributed by atoms with Crippen LogP contribution in [0.2, 0.25) is 0 Å². The molecule has 1 aromatic rings. The van der Waals surface area contributed by atoms with Crippen molar-refractivity contribution >= 4 is 5.97 Å². The van der Waals surface area contributed by atoms with Gasteiger partial charge in [-0.2, -0.15) is 26.3 Å². The van der Waals surface area contributed by atoms with Crippen molar-refractivity contribution in [2.45, 2.75) is 24.4 Å². The molecule has 0 saturated carbocycles. The van der Waals surface area contributed by atoms with Crippen molar-refractivity contribution in [3.8, 4) is 5.75 Å². The Morgan fingerprint density at radius 1 is 1.14 bits per heavy atom. The van der Waals surface area contributed by atoms with Gasteiger partial charge in [-0.15, -0.1) is 0 Å². The number of carbonyl (C=O) groups is 1. The predicted octanol–water partition coefficient (Wildman–Crippen LogP) is 2.63. The second-order valence-electron chi connectivity index (χ2n) is 4.30. The summed E-state index contributed by atoms with van der Waals surface area (Å²) in [5, 5.41) is 17.8. The van der Waals surface area contributed by atoms with Gasteiger partial charge in [-0.1, -0.05) is 12.1 Å². The summed E-state index contributed by atoms with van der Waals surface area (Å²) < 4.78 is 81.0. The fraction of sp³-hybridized carbons (Fsp3) is 0.417. The number of carboxylic acids is 1. The lowest BCUT2D eigenvalue weighted by Gasteiger charge is -2.33. The van der Waals surface area contributed by atoms with Crippen molar-refractivity contribution in [3.05, 3.63) is 29.3 Å². The third-order valence-electron chi connectivity index (χ3n) is 2.87. The molecule has 124 valence electrons. The molecule has 0 saturated heterocycles. The smallest absolute Gasteiger partial charge is 0.430 e. The topological polar surface area (TPSA) is 66.8 Å². The Morgan fingerprint density at radius 3 is 2.00 bits per heavy atom. The van der Waals surface area contributed by atoms with Gasteiger partial charge in [0.05, 0.1) is 13.5 Å². The van der Waals surface area contributed by atoms with E-state index in [0.29, 0.717) is 12.1 Å². The number of benzene rings is 1. The van der Waals surface area contributed by atoms with E-state index in [-0.39, 0.29) is 5.56 Å². The molecule has 0 amide bonds. The summed E-state index contributed by atoms with van der Waals surface area (Å²) in [5.74, 6) is -1.86. The van der Waals surface area contributed by atoms with Gasteiger partial charge in [-0.3, -0.25) is 4.79 Å². The van der Waals surface area contributed by atoms with Gasteiger partial charge >= 0.3 is 18.3 Å². The first-order valence-electron chi connectivity index (χ1n) is 5.59. The highest BCUT2D eigenvalue weighted by Gasteiger charge is 2.71. The molecule has 22 heavy (non-hydrogen) atoms. The summed E-state index contributed by atoms with van der Waals surface area (Å²) in [5.41, 5.74) is -6.74. The van der Waals surface area contributed by atoms with Crippen LogP contribution in [0, 0.1) is 0 Å². The Bertz CT molecular complexity index is 550. The number of alkyl halides is 6. The number of ether oxygens (including phenoxy) is 1. The van der Waals surface area contributed by atoms with E-state index in [2.05, 4.69) is 4.74 Å². The minimum atomic E-state index is -6.02. The zero-order valence-corrected chi connectivity index (χ0v) is 10.9. The van der Waals surface area contributed by atoms with Gasteiger partial charge in [0.1, 0.15) is 5.75 Å². The van der Waals surface area contributed by atoms with Crippen molar-refractivity contribution in [1.82, 2.24) is 0 Å². The minimum absolute atomic E-state index is 0.134. The van der Waals surface area contributed by atoms with E-state index in [9.17, 15) is 36.2 Å². The van der Waals surface area contributed by atoms with E-state index < -0.39 is 41.7 Å². The van der Waals surface area contributed by atoms with E-state index in [1.807, 2.05) is 0 Å². The molecule has 1 rings (SSSR count). The minimum Gasteiger partial charge on any atom is -0.496 e. The SMILES string of the molecule is COc1cc(C(O)(C(F)(F)F)C(F)(F)F)ccc1CC(=O)O. The molecule has 2 N–H and O–H groups in total. The van der Waals surface area contributed by atoms with E-state index in [0.717, 1.165) is 13.2 Å². The average molecular weight is 332 g/mol. The number of hydrogen-bond donors (Lipinski definition) is 2. The maximum Gasteiger partial charge on any atom is 0.430 e. The molecule has 0 fully saturated rings. The maximum atomic E-state index is 12.7. The number of hydrogen-bond acceptors (Lipinski definition) is 3. The number of rotatable bonds is 4. The van der Waals surface area contributed by atoms with Crippen LogP contribution in [-0.4, -0.2) is 35.6 Å². The summed E-state index contributed by atoms with van der Waals surface area (Å²) in [6, 6.07) is 1.41. The van der Waals surface area contributed by atoms with Crippen LogP contribution < -0.4 is 4.74 Å². The summed E-state index contributed by atoms with van der Waals surface area (Å²) in [4.78, 5) is 10.6. The lowest BCUT2D eigenvalue weighted by Crippen LogP contribution is -2.53. The monoisotopic (exact) mass is 332 g/mol. The number of carboxylic acid groups (broad SMARTS) is 1. The van der Waals surface area contributed by atoms with Crippen molar-refractivity contribution in [2.75, 3.05) is 7.11 Å². The van der Waals surface area contributed by atoms with E-state index in [4.69, 9.17) is 5.11 Å². The molecule has 0 bridgehead atoms. The molecular weight excluding hydrogens is 322 g/mol. The first-order chi connectivity index (χ1) is 9.84. The Balaban J connectivity index is 3.50. The highest BCUT2D eigenvalue weighted by molar-refractivity contribution is 5.71. The van der Waals surface area contributed by atoms with Crippen LogP contribution >= 0.6 is 0 Å². The summed E-state index contributed by atoms with van der Waals surface area (Å²) in [6.07, 6.45) is -12.7. The van der Waals surface area contributed by atoms with Gasteiger partial charge in [-0.05, 0) is 6.07 Å². The number of halogens is 6. The van der Waals surface area contributed by atoms with Crippen LogP contribution in [-0.2, 0) is 16.8 Å². The molecule has 0 aliphatic rings. The molecule has 0 heterocycles. The van der Waals surface area contributed by atoms with E-state index in [1.165, 1.54) is 0 Å². The second-order valence-corrected chi connectivity index (χ2v) is 4.30. The van der Waals surface area contributed by atoms with Crippen molar-refractivity contribution < 1.29 is 46.1 Å². The highest BCUT2D eigenvalue weighted by atomic mass is 19.4. The van der Waals surface area contributed by atoms with Crippen LogP contribution in [0.4, 0.5) is 26.3 Å². The standard InChI is InChI=1S/C12H10F6O4/c1-22-8-5-7(3-2-6(8)4-9(19)20)10(21,11(13,14)15)12(16,17)18/h2-3,5,21H,4H2,1H3,(H,19,20). The zero-order valence-electron chi connectivity index (χ0n) is 10.9. The van der Waals surface area contributed by atoms with Crippen LogP contribution in [0.3, 0.4) is 0 Å². The fourth-order valence-corrected chi connectivity index (χ4v) is 1.77. The second kappa shape index (κ2) is 5.67.